The third-order valence-electron chi connectivity index (χ3n) is 2.83. The van der Waals surface area contributed by atoms with Crippen molar-refractivity contribution in [2.75, 3.05) is 7.11 Å². The minimum absolute atomic E-state index is 0.0992. The third kappa shape index (κ3) is 1.64. The van der Waals surface area contributed by atoms with Gasteiger partial charge in [0.1, 0.15) is 0 Å². The molecule has 16 heavy (non-hydrogen) atoms. The molecule has 1 saturated carbocycles. The molecule has 0 amide bonds. The van der Waals surface area contributed by atoms with Crippen LogP contribution in [0.25, 0.3) is 0 Å². The van der Waals surface area contributed by atoms with Crippen LogP contribution in [0.5, 0.6) is 17.2 Å². The molecule has 2 rings (SSSR count). The standard InChI is InChI=1S/C11H12O5/c1-16-9-3-5(2-8(12)10(9)13)6-4-7(6)11(14)15/h2-3,6-7,12-13H,4H2,1H3,(H,14,15). The molecule has 1 fully saturated rings. The van der Waals surface area contributed by atoms with E-state index in [1.165, 1.54) is 13.2 Å². The van der Waals surface area contributed by atoms with Gasteiger partial charge in [-0.2, -0.15) is 0 Å². The Kier molecular flexibility index (Phi) is 2.38. The summed E-state index contributed by atoms with van der Waals surface area (Å²) in [5.74, 6) is -1.78. The topological polar surface area (TPSA) is 87.0 Å². The van der Waals surface area contributed by atoms with Crippen LogP contribution in [-0.2, 0) is 4.79 Å². The highest BCUT2D eigenvalue weighted by Gasteiger charge is 2.44. The fourth-order valence-electron chi connectivity index (χ4n) is 1.82. The van der Waals surface area contributed by atoms with Gasteiger partial charge in [0.25, 0.3) is 0 Å². The molecule has 1 aliphatic rings. The average molecular weight is 224 g/mol. The van der Waals surface area contributed by atoms with Crippen molar-refractivity contribution in [1.29, 1.82) is 0 Å². The number of benzene rings is 1. The van der Waals surface area contributed by atoms with E-state index in [0.717, 1.165) is 0 Å². The van der Waals surface area contributed by atoms with Crippen LogP contribution in [0.4, 0.5) is 0 Å². The van der Waals surface area contributed by atoms with Crippen LogP contribution in [0, 0.1) is 5.92 Å². The Morgan fingerprint density at radius 3 is 2.62 bits per heavy atom. The summed E-state index contributed by atoms with van der Waals surface area (Å²) in [4.78, 5) is 10.7. The SMILES string of the molecule is COc1cc(C2CC2C(=O)O)cc(O)c1O. The summed E-state index contributed by atoms with van der Waals surface area (Å²) in [6.45, 7) is 0. The number of hydrogen-bond donors (Lipinski definition) is 3. The van der Waals surface area contributed by atoms with Gasteiger partial charge in [-0.15, -0.1) is 0 Å². The van der Waals surface area contributed by atoms with Gasteiger partial charge in [-0.05, 0) is 30.0 Å². The predicted molar refractivity (Wildman–Crippen MR) is 54.8 cm³/mol. The van der Waals surface area contributed by atoms with Crippen LogP contribution in [-0.4, -0.2) is 28.4 Å². The largest absolute Gasteiger partial charge is 0.504 e. The second kappa shape index (κ2) is 3.59. The van der Waals surface area contributed by atoms with E-state index in [1.54, 1.807) is 6.07 Å². The number of carboxylic acid groups (broad SMARTS) is 1. The molecule has 0 radical (unpaired) electrons. The molecule has 0 spiro atoms. The summed E-state index contributed by atoms with van der Waals surface area (Å²) in [6, 6.07) is 2.94. The Hall–Kier alpha value is -1.91. The van der Waals surface area contributed by atoms with Crippen molar-refractivity contribution in [1.82, 2.24) is 0 Å². The summed E-state index contributed by atoms with van der Waals surface area (Å²) in [7, 11) is 1.37. The van der Waals surface area contributed by atoms with Gasteiger partial charge in [0.2, 0.25) is 5.75 Å². The van der Waals surface area contributed by atoms with E-state index in [0.29, 0.717) is 12.0 Å². The second-order valence-electron chi connectivity index (χ2n) is 3.88. The van der Waals surface area contributed by atoms with Crippen LogP contribution in [0.2, 0.25) is 0 Å². The molecule has 1 aromatic rings. The first-order valence-corrected chi connectivity index (χ1v) is 4.87. The Labute approximate surface area is 91.9 Å². The lowest BCUT2D eigenvalue weighted by Crippen LogP contribution is -1.99. The fraction of sp³-hybridized carbons (Fsp3) is 0.364. The zero-order valence-electron chi connectivity index (χ0n) is 8.67. The van der Waals surface area contributed by atoms with Crippen LogP contribution < -0.4 is 4.74 Å². The van der Waals surface area contributed by atoms with Crippen molar-refractivity contribution < 1.29 is 24.9 Å². The summed E-state index contributed by atoms with van der Waals surface area (Å²) < 4.78 is 4.88. The molecule has 2 atom stereocenters. The van der Waals surface area contributed by atoms with Crippen molar-refractivity contribution in [3.63, 3.8) is 0 Å². The van der Waals surface area contributed by atoms with E-state index >= 15 is 0 Å². The molecule has 1 aromatic carbocycles. The molecule has 5 heteroatoms. The fourth-order valence-corrected chi connectivity index (χ4v) is 1.82. The highest BCUT2D eigenvalue weighted by Crippen LogP contribution is 2.50. The van der Waals surface area contributed by atoms with Gasteiger partial charge < -0.3 is 20.1 Å². The van der Waals surface area contributed by atoms with Crippen LogP contribution in [0.3, 0.4) is 0 Å². The molecule has 0 aromatic heterocycles. The highest BCUT2D eigenvalue weighted by atomic mass is 16.5. The minimum Gasteiger partial charge on any atom is -0.504 e. The van der Waals surface area contributed by atoms with Crippen molar-refractivity contribution in [3.8, 4) is 17.2 Å². The van der Waals surface area contributed by atoms with Crippen molar-refractivity contribution in [2.24, 2.45) is 5.92 Å². The molecule has 5 nitrogen and oxygen atoms in total. The van der Waals surface area contributed by atoms with Crippen LogP contribution >= 0.6 is 0 Å². The van der Waals surface area contributed by atoms with Gasteiger partial charge in [-0.25, -0.2) is 0 Å². The molecular formula is C11H12O5. The molecule has 0 saturated heterocycles. The zero-order valence-corrected chi connectivity index (χ0v) is 8.67. The number of hydrogen-bond acceptors (Lipinski definition) is 4. The number of ether oxygens (including phenoxy) is 1. The first-order valence-electron chi connectivity index (χ1n) is 4.87. The number of aromatic hydroxyl groups is 2. The highest BCUT2D eigenvalue weighted by molar-refractivity contribution is 5.75. The normalized spacial score (nSPS) is 22.8. The Balaban J connectivity index is 2.30. The molecule has 0 heterocycles. The van der Waals surface area contributed by atoms with E-state index in [4.69, 9.17) is 9.84 Å². The van der Waals surface area contributed by atoms with Gasteiger partial charge in [-0.1, -0.05) is 0 Å². The number of phenolic OH excluding ortho intramolecular Hbond substituents is 2. The molecule has 2 unspecified atom stereocenters. The van der Waals surface area contributed by atoms with Gasteiger partial charge in [-0.3, -0.25) is 4.79 Å². The number of carboxylic acids is 1. The molecule has 0 aliphatic heterocycles. The first kappa shape index (κ1) is 10.6. The number of aliphatic carboxylic acids is 1. The monoisotopic (exact) mass is 224 g/mol. The number of rotatable bonds is 3. The average Bonchev–Trinajstić information content (AvgIpc) is 3.01. The van der Waals surface area contributed by atoms with E-state index in [2.05, 4.69) is 0 Å². The molecular weight excluding hydrogens is 212 g/mol. The van der Waals surface area contributed by atoms with Crippen molar-refractivity contribution in [3.05, 3.63) is 17.7 Å². The van der Waals surface area contributed by atoms with E-state index < -0.39 is 11.9 Å². The molecule has 86 valence electrons. The van der Waals surface area contributed by atoms with Crippen molar-refractivity contribution >= 4 is 5.97 Å². The van der Waals surface area contributed by atoms with Gasteiger partial charge >= 0.3 is 5.97 Å². The summed E-state index contributed by atoms with van der Waals surface area (Å²) in [6.07, 6.45) is 0.558. The minimum atomic E-state index is -0.837. The quantitative estimate of drug-likeness (QED) is 0.673. The second-order valence-corrected chi connectivity index (χ2v) is 3.88. The number of carbonyl (C=O) groups is 1. The van der Waals surface area contributed by atoms with Gasteiger partial charge in [0.05, 0.1) is 13.0 Å². The van der Waals surface area contributed by atoms with Crippen LogP contribution in [0.1, 0.15) is 17.9 Å². The third-order valence-corrected chi connectivity index (χ3v) is 2.83. The summed E-state index contributed by atoms with van der Waals surface area (Å²) >= 11 is 0. The lowest BCUT2D eigenvalue weighted by atomic mass is 10.1. The number of phenols is 2. The van der Waals surface area contributed by atoms with E-state index in [1.807, 2.05) is 0 Å². The Morgan fingerprint density at radius 1 is 1.44 bits per heavy atom. The summed E-state index contributed by atoms with van der Waals surface area (Å²) in [5, 5.41) is 27.6. The summed E-state index contributed by atoms with van der Waals surface area (Å²) in [5.41, 5.74) is 0.680. The van der Waals surface area contributed by atoms with Crippen molar-refractivity contribution in [2.45, 2.75) is 12.3 Å². The lowest BCUT2D eigenvalue weighted by Gasteiger charge is -2.08. The van der Waals surface area contributed by atoms with E-state index in [-0.39, 0.29) is 23.2 Å². The maximum absolute atomic E-state index is 10.7. The van der Waals surface area contributed by atoms with Gasteiger partial charge in [0, 0.05) is 0 Å². The smallest absolute Gasteiger partial charge is 0.307 e. The van der Waals surface area contributed by atoms with Crippen LogP contribution in [0.15, 0.2) is 12.1 Å². The Morgan fingerprint density at radius 2 is 2.12 bits per heavy atom. The maximum atomic E-state index is 10.7. The molecule has 0 bridgehead atoms. The molecule has 1 aliphatic carbocycles. The van der Waals surface area contributed by atoms with E-state index in [9.17, 15) is 15.0 Å². The molecule has 3 N–H and O–H groups in total. The predicted octanol–water partition coefficient (Wildman–Crippen LogP) is 1.29. The Bertz CT molecular complexity index is 440. The maximum Gasteiger partial charge on any atom is 0.307 e. The first-order chi connectivity index (χ1) is 7.54. The zero-order chi connectivity index (χ0) is 11.9. The lowest BCUT2D eigenvalue weighted by molar-refractivity contribution is -0.138. The number of methoxy groups -OCH3 is 1. The van der Waals surface area contributed by atoms with Gasteiger partial charge in [0.15, 0.2) is 11.5 Å².